The van der Waals surface area contributed by atoms with Gasteiger partial charge in [0, 0.05) is 0 Å². The molecule has 0 spiro atoms. The maximum Gasteiger partial charge on any atom is 0.271 e. The Balaban J connectivity index is 1.73. The van der Waals surface area contributed by atoms with E-state index in [0.29, 0.717) is 10.2 Å². The second-order valence-electron chi connectivity index (χ2n) is 5.01. The first-order chi connectivity index (χ1) is 10.6. The molecule has 0 fully saturated rings. The van der Waals surface area contributed by atoms with Crippen LogP contribution in [0.5, 0.6) is 0 Å². The van der Waals surface area contributed by atoms with E-state index in [1.807, 2.05) is 42.6 Å². The summed E-state index contributed by atoms with van der Waals surface area (Å²) in [6.07, 6.45) is 1.42. The van der Waals surface area contributed by atoms with Crippen LogP contribution in [-0.4, -0.2) is 15.5 Å². The molecule has 6 heteroatoms. The number of rotatable bonds is 4. The zero-order chi connectivity index (χ0) is 15.5. The van der Waals surface area contributed by atoms with Crippen LogP contribution < -0.4 is 10.9 Å². The molecule has 0 saturated carbocycles. The van der Waals surface area contributed by atoms with E-state index >= 15 is 0 Å². The van der Waals surface area contributed by atoms with Crippen LogP contribution in [0.2, 0.25) is 0 Å². The number of thiophene rings is 1. The number of amides is 1. The Bertz CT molecular complexity index is 854. The summed E-state index contributed by atoms with van der Waals surface area (Å²) in [6.45, 7) is 1.88. The Labute approximate surface area is 131 Å². The van der Waals surface area contributed by atoms with Crippen molar-refractivity contribution in [2.75, 3.05) is 0 Å². The quantitative estimate of drug-likeness (QED) is 0.804. The highest BCUT2D eigenvalue weighted by molar-refractivity contribution is 7.17. The van der Waals surface area contributed by atoms with Crippen LogP contribution in [0.4, 0.5) is 0 Å². The van der Waals surface area contributed by atoms with E-state index in [9.17, 15) is 9.59 Å². The van der Waals surface area contributed by atoms with Crippen LogP contribution in [0.3, 0.4) is 0 Å². The average molecular weight is 313 g/mol. The van der Waals surface area contributed by atoms with Gasteiger partial charge in [-0.2, -0.15) is 0 Å². The molecule has 0 saturated heterocycles. The lowest BCUT2D eigenvalue weighted by Crippen LogP contribution is -2.33. The van der Waals surface area contributed by atoms with Crippen molar-refractivity contribution in [1.82, 2.24) is 14.9 Å². The van der Waals surface area contributed by atoms with Crippen LogP contribution in [-0.2, 0) is 11.3 Å². The Morgan fingerprint density at radius 1 is 1.32 bits per heavy atom. The van der Waals surface area contributed by atoms with E-state index < -0.39 is 0 Å². The van der Waals surface area contributed by atoms with E-state index in [1.54, 1.807) is 6.07 Å². The third-order valence-corrected chi connectivity index (χ3v) is 4.32. The topological polar surface area (TPSA) is 64.0 Å². The standard InChI is InChI=1S/C16H15N3O2S/c1-11(12-5-3-2-4-6-12)18-14(20)9-19-10-17-13-7-8-22-15(13)16(19)21/h2-8,10-11H,9H2,1H3,(H,18,20). The molecular weight excluding hydrogens is 298 g/mol. The Morgan fingerprint density at radius 3 is 2.86 bits per heavy atom. The fraction of sp³-hybridized carbons (Fsp3) is 0.188. The highest BCUT2D eigenvalue weighted by Gasteiger charge is 2.12. The Kier molecular flexibility index (Phi) is 4.02. The first-order valence-corrected chi connectivity index (χ1v) is 7.80. The fourth-order valence-corrected chi connectivity index (χ4v) is 3.05. The van der Waals surface area contributed by atoms with Crippen molar-refractivity contribution in [3.8, 4) is 0 Å². The van der Waals surface area contributed by atoms with Crippen LogP contribution in [0.25, 0.3) is 10.2 Å². The molecule has 1 aromatic carbocycles. The molecule has 1 amide bonds. The van der Waals surface area contributed by atoms with E-state index in [-0.39, 0.29) is 24.1 Å². The number of hydrogen-bond acceptors (Lipinski definition) is 4. The number of fused-ring (bicyclic) bond motifs is 1. The lowest BCUT2D eigenvalue weighted by molar-refractivity contribution is -0.122. The number of nitrogens with one attached hydrogen (secondary N) is 1. The highest BCUT2D eigenvalue weighted by atomic mass is 32.1. The molecule has 2 aromatic heterocycles. The predicted molar refractivity (Wildman–Crippen MR) is 86.9 cm³/mol. The molecule has 5 nitrogen and oxygen atoms in total. The first-order valence-electron chi connectivity index (χ1n) is 6.92. The second kappa shape index (κ2) is 6.11. The zero-order valence-corrected chi connectivity index (χ0v) is 12.8. The van der Waals surface area contributed by atoms with Gasteiger partial charge in [-0.1, -0.05) is 30.3 Å². The van der Waals surface area contributed by atoms with Crippen LogP contribution in [0.1, 0.15) is 18.5 Å². The molecule has 2 heterocycles. The minimum atomic E-state index is -0.212. The summed E-state index contributed by atoms with van der Waals surface area (Å²) in [4.78, 5) is 28.5. The largest absolute Gasteiger partial charge is 0.348 e. The fourth-order valence-electron chi connectivity index (χ4n) is 2.26. The zero-order valence-electron chi connectivity index (χ0n) is 12.0. The normalized spacial score (nSPS) is 12.2. The molecule has 1 N–H and O–H groups in total. The molecule has 0 aliphatic carbocycles. The van der Waals surface area contributed by atoms with Gasteiger partial charge < -0.3 is 5.32 Å². The van der Waals surface area contributed by atoms with Gasteiger partial charge in [-0.3, -0.25) is 14.2 Å². The van der Waals surface area contributed by atoms with Gasteiger partial charge in [0.25, 0.3) is 5.56 Å². The third kappa shape index (κ3) is 2.92. The first kappa shape index (κ1) is 14.5. The van der Waals surface area contributed by atoms with Crippen molar-refractivity contribution in [2.24, 2.45) is 0 Å². The minimum absolute atomic E-state index is 0.0309. The summed E-state index contributed by atoms with van der Waals surface area (Å²) in [5, 5.41) is 4.71. The molecule has 1 unspecified atom stereocenters. The van der Waals surface area contributed by atoms with E-state index in [2.05, 4.69) is 10.3 Å². The SMILES string of the molecule is CC(NC(=O)Cn1cnc2ccsc2c1=O)c1ccccc1. The number of carbonyl (C=O) groups is 1. The lowest BCUT2D eigenvalue weighted by atomic mass is 10.1. The van der Waals surface area contributed by atoms with Crippen molar-refractivity contribution in [3.05, 3.63) is 64.0 Å². The summed E-state index contributed by atoms with van der Waals surface area (Å²) >= 11 is 1.34. The number of aromatic nitrogens is 2. The molecule has 0 bridgehead atoms. The monoisotopic (exact) mass is 313 g/mol. The molecule has 3 rings (SSSR count). The number of hydrogen-bond donors (Lipinski definition) is 1. The maximum absolute atomic E-state index is 12.2. The van der Waals surface area contributed by atoms with Crippen molar-refractivity contribution in [2.45, 2.75) is 19.5 Å². The van der Waals surface area contributed by atoms with Gasteiger partial charge >= 0.3 is 0 Å². The minimum Gasteiger partial charge on any atom is -0.348 e. The van der Waals surface area contributed by atoms with E-state index in [1.165, 1.54) is 22.2 Å². The lowest BCUT2D eigenvalue weighted by Gasteiger charge is -2.14. The second-order valence-corrected chi connectivity index (χ2v) is 5.93. The number of nitrogens with zero attached hydrogens (tertiary/aromatic N) is 2. The Hall–Kier alpha value is -2.47. The van der Waals surface area contributed by atoms with Crippen LogP contribution in [0.15, 0.2) is 52.9 Å². The highest BCUT2D eigenvalue weighted by Crippen LogP contribution is 2.13. The molecule has 0 aliphatic rings. The molecule has 0 radical (unpaired) electrons. The maximum atomic E-state index is 12.2. The van der Waals surface area contributed by atoms with Crippen molar-refractivity contribution >= 4 is 27.5 Å². The van der Waals surface area contributed by atoms with Crippen molar-refractivity contribution < 1.29 is 4.79 Å². The van der Waals surface area contributed by atoms with E-state index in [4.69, 9.17) is 0 Å². The number of carbonyl (C=O) groups excluding carboxylic acids is 1. The smallest absolute Gasteiger partial charge is 0.271 e. The van der Waals surface area contributed by atoms with Gasteiger partial charge in [0.2, 0.25) is 5.91 Å². The summed E-state index contributed by atoms with van der Waals surface area (Å²) in [5.74, 6) is -0.212. The van der Waals surface area contributed by atoms with Gasteiger partial charge in [0.05, 0.1) is 17.9 Å². The average Bonchev–Trinajstić information content (AvgIpc) is 3.00. The van der Waals surface area contributed by atoms with Crippen molar-refractivity contribution in [3.63, 3.8) is 0 Å². The van der Waals surface area contributed by atoms with Gasteiger partial charge in [-0.15, -0.1) is 11.3 Å². The molecule has 1 atom stereocenters. The summed E-state index contributed by atoms with van der Waals surface area (Å²) in [5.41, 5.74) is 1.52. The van der Waals surface area contributed by atoms with E-state index in [0.717, 1.165) is 5.56 Å². The summed E-state index contributed by atoms with van der Waals surface area (Å²) in [7, 11) is 0. The van der Waals surface area contributed by atoms with Gasteiger partial charge in [0.1, 0.15) is 11.2 Å². The summed E-state index contributed by atoms with van der Waals surface area (Å²) < 4.78 is 1.91. The van der Waals surface area contributed by atoms with Gasteiger partial charge in [-0.25, -0.2) is 4.98 Å². The molecule has 22 heavy (non-hydrogen) atoms. The van der Waals surface area contributed by atoms with Crippen LogP contribution >= 0.6 is 11.3 Å². The third-order valence-electron chi connectivity index (χ3n) is 3.43. The molecule has 3 aromatic rings. The summed E-state index contributed by atoms with van der Waals surface area (Å²) in [6, 6.07) is 11.4. The predicted octanol–water partition coefficient (Wildman–Crippen LogP) is 2.34. The van der Waals surface area contributed by atoms with Gasteiger partial charge in [-0.05, 0) is 23.9 Å². The number of benzene rings is 1. The van der Waals surface area contributed by atoms with Gasteiger partial charge in [0.15, 0.2) is 0 Å². The van der Waals surface area contributed by atoms with Crippen LogP contribution in [0, 0.1) is 0 Å². The molecular formula is C16H15N3O2S. The van der Waals surface area contributed by atoms with Crippen molar-refractivity contribution in [1.29, 1.82) is 0 Å². The molecule has 0 aliphatic heterocycles. The molecule has 112 valence electrons. The Morgan fingerprint density at radius 2 is 2.09 bits per heavy atom.